The SMILES string of the molecule is CCOc1cncc(-c2nc(Cl)nc(C)c2[N+](=O)[O-])c1. The minimum absolute atomic E-state index is 0.0510. The summed E-state index contributed by atoms with van der Waals surface area (Å²) in [5, 5.41) is 11.1. The van der Waals surface area contributed by atoms with Crippen molar-refractivity contribution in [3.05, 3.63) is 39.6 Å². The van der Waals surface area contributed by atoms with Crippen molar-refractivity contribution in [3.63, 3.8) is 0 Å². The summed E-state index contributed by atoms with van der Waals surface area (Å²) in [5.41, 5.74) is 0.591. The van der Waals surface area contributed by atoms with Gasteiger partial charge in [0.25, 0.3) is 0 Å². The van der Waals surface area contributed by atoms with Gasteiger partial charge < -0.3 is 4.74 Å². The van der Waals surface area contributed by atoms with Gasteiger partial charge in [0.05, 0.1) is 17.7 Å². The van der Waals surface area contributed by atoms with Gasteiger partial charge in [0, 0.05) is 11.8 Å². The van der Waals surface area contributed by atoms with E-state index in [4.69, 9.17) is 16.3 Å². The van der Waals surface area contributed by atoms with Crippen LogP contribution in [-0.2, 0) is 0 Å². The van der Waals surface area contributed by atoms with E-state index in [0.29, 0.717) is 17.9 Å². The third kappa shape index (κ3) is 2.83. The summed E-state index contributed by atoms with van der Waals surface area (Å²) in [7, 11) is 0. The first kappa shape index (κ1) is 14.1. The zero-order valence-corrected chi connectivity index (χ0v) is 11.6. The van der Waals surface area contributed by atoms with Gasteiger partial charge in [-0.05, 0) is 31.5 Å². The molecule has 0 aliphatic carbocycles. The molecule has 8 heteroatoms. The van der Waals surface area contributed by atoms with Gasteiger partial charge in [0.15, 0.2) is 5.69 Å². The molecule has 104 valence electrons. The third-order valence-corrected chi connectivity index (χ3v) is 2.68. The minimum Gasteiger partial charge on any atom is -0.492 e. The van der Waals surface area contributed by atoms with Crippen molar-refractivity contribution in [2.24, 2.45) is 0 Å². The fourth-order valence-corrected chi connectivity index (χ4v) is 1.96. The number of aromatic nitrogens is 3. The van der Waals surface area contributed by atoms with Crippen molar-refractivity contribution in [2.45, 2.75) is 13.8 Å². The number of halogens is 1. The molecule has 0 atom stereocenters. The number of nitro groups is 1. The summed E-state index contributed by atoms with van der Waals surface area (Å²) < 4.78 is 5.32. The average Bonchev–Trinajstić information content (AvgIpc) is 2.38. The second-order valence-electron chi connectivity index (χ2n) is 3.87. The molecule has 0 spiro atoms. The molecule has 0 N–H and O–H groups in total. The number of hydrogen-bond donors (Lipinski definition) is 0. The van der Waals surface area contributed by atoms with E-state index >= 15 is 0 Å². The van der Waals surface area contributed by atoms with Gasteiger partial charge in [-0.2, -0.15) is 0 Å². The average molecular weight is 295 g/mol. The molecule has 0 fully saturated rings. The van der Waals surface area contributed by atoms with E-state index in [1.807, 2.05) is 6.92 Å². The van der Waals surface area contributed by atoms with E-state index < -0.39 is 4.92 Å². The van der Waals surface area contributed by atoms with Crippen LogP contribution in [0.4, 0.5) is 5.69 Å². The Hall–Kier alpha value is -2.28. The van der Waals surface area contributed by atoms with Crippen LogP contribution in [0.2, 0.25) is 5.28 Å². The predicted octanol–water partition coefficient (Wildman–Crippen LogP) is 2.81. The molecule has 0 radical (unpaired) electrons. The van der Waals surface area contributed by atoms with Gasteiger partial charge in [-0.15, -0.1) is 0 Å². The molecule has 2 rings (SSSR count). The summed E-state index contributed by atoms with van der Waals surface area (Å²) in [6, 6.07) is 1.63. The highest BCUT2D eigenvalue weighted by Crippen LogP contribution is 2.32. The topological polar surface area (TPSA) is 91.0 Å². The van der Waals surface area contributed by atoms with Crippen LogP contribution in [0, 0.1) is 17.0 Å². The van der Waals surface area contributed by atoms with Gasteiger partial charge >= 0.3 is 5.69 Å². The number of aryl methyl sites for hydroxylation is 1. The van der Waals surface area contributed by atoms with E-state index in [1.165, 1.54) is 19.3 Å². The maximum Gasteiger partial charge on any atom is 0.316 e. The van der Waals surface area contributed by atoms with E-state index in [2.05, 4.69) is 15.0 Å². The van der Waals surface area contributed by atoms with Crippen LogP contribution in [0.1, 0.15) is 12.6 Å². The molecule has 0 saturated heterocycles. The molecule has 20 heavy (non-hydrogen) atoms. The summed E-state index contributed by atoms with van der Waals surface area (Å²) in [5.74, 6) is 0.506. The highest BCUT2D eigenvalue weighted by Gasteiger charge is 2.23. The van der Waals surface area contributed by atoms with Crippen molar-refractivity contribution in [1.82, 2.24) is 15.0 Å². The van der Waals surface area contributed by atoms with Crippen LogP contribution in [0.15, 0.2) is 18.5 Å². The Bertz CT molecular complexity index is 663. The first-order chi connectivity index (χ1) is 9.52. The Morgan fingerprint density at radius 3 is 2.80 bits per heavy atom. The van der Waals surface area contributed by atoms with Crippen molar-refractivity contribution in [3.8, 4) is 17.0 Å². The Morgan fingerprint density at radius 1 is 1.40 bits per heavy atom. The van der Waals surface area contributed by atoms with Gasteiger partial charge in [-0.3, -0.25) is 15.1 Å². The Morgan fingerprint density at radius 2 is 2.15 bits per heavy atom. The van der Waals surface area contributed by atoms with E-state index in [-0.39, 0.29) is 22.4 Å². The lowest BCUT2D eigenvalue weighted by Crippen LogP contribution is -2.02. The van der Waals surface area contributed by atoms with Gasteiger partial charge in [-0.1, -0.05) is 0 Å². The van der Waals surface area contributed by atoms with E-state index in [9.17, 15) is 10.1 Å². The molecular formula is C12H11ClN4O3. The lowest BCUT2D eigenvalue weighted by Gasteiger charge is -2.07. The fraction of sp³-hybridized carbons (Fsp3) is 0.250. The zero-order valence-electron chi connectivity index (χ0n) is 10.8. The van der Waals surface area contributed by atoms with Crippen LogP contribution >= 0.6 is 11.6 Å². The molecule has 0 bridgehead atoms. The first-order valence-electron chi connectivity index (χ1n) is 5.79. The monoisotopic (exact) mass is 294 g/mol. The molecule has 0 amide bonds. The maximum atomic E-state index is 11.2. The van der Waals surface area contributed by atoms with E-state index in [0.717, 1.165) is 0 Å². The molecule has 7 nitrogen and oxygen atoms in total. The molecule has 2 heterocycles. The van der Waals surface area contributed by atoms with Crippen molar-refractivity contribution in [1.29, 1.82) is 0 Å². The lowest BCUT2D eigenvalue weighted by molar-refractivity contribution is -0.385. The smallest absolute Gasteiger partial charge is 0.316 e. The highest BCUT2D eigenvalue weighted by molar-refractivity contribution is 6.28. The molecule has 0 aliphatic rings. The minimum atomic E-state index is -0.533. The van der Waals surface area contributed by atoms with Crippen LogP contribution in [-0.4, -0.2) is 26.5 Å². The van der Waals surface area contributed by atoms with Gasteiger partial charge in [0.1, 0.15) is 11.4 Å². The second kappa shape index (κ2) is 5.79. The highest BCUT2D eigenvalue weighted by atomic mass is 35.5. The zero-order chi connectivity index (χ0) is 14.7. The Balaban J connectivity index is 2.62. The van der Waals surface area contributed by atoms with Crippen LogP contribution in [0.25, 0.3) is 11.3 Å². The van der Waals surface area contributed by atoms with Crippen LogP contribution in [0.3, 0.4) is 0 Å². The molecule has 0 aliphatic heterocycles. The van der Waals surface area contributed by atoms with E-state index in [1.54, 1.807) is 6.07 Å². The Labute approximate surface area is 119 Å². The largest absolute Gasteiger partial charge is 0.492 e. The summed E-state index contributed by atoms with van der Waals surface area (Å²) in [6.07, 6.45) is 2.99. The number of rotatable bonds is 4. The van der Waals surface area contributed by atoms with Crippen molar-refractivity contribution in [2.75, 3.05) is 6.61 Å². The maximum absolute atomic E-state index is 11.2. The molecule has 2 aromatic rings. The van der Waals surface area contributed by atoms with Gasteiger partial charge in [-0.25, -0.2) is 9.97 Å². The molecule has 0 aromatic carbocycles. The quantitative estimate of drug-likeness (QED) is 0.489. The molecular weight excluding hydrogens is 284 g/mol. The van der Waals surface area contributed by atoms with Crippen LogP contribution in [0.5, 0.6) is 5.75 Å². The summed E-state index contributed by atoms with van der Waals surface area (Å²) in [4.78, 5) is 22.4. The first-order valence-corrected chi connectivity index (χ1v) is 6.17. The Kier molecular flexibility index (Phi) is 4.09. The standard InChI is InChI=1S/C12H11ClN4O3/c1-3-20-9-4-8(5-14-6-9)10-11(17(18)19)7(2)15-12(13)16-10/h4-6H,3H2,1-2H3. The summed E-state index contributed by atoms with van der Waals surface area (Å²) >= 11 is 5.78. The second-order valence-corrected chi connectivity index (χ2v) is 4.21. The number of nitrogens with zero attached hydrogens (tertiary/aromatic N) is 4. The van der Waals surface area contributed by atoms with Crippen molar-refractivity contribution >= 4 is 17.3 Å². The molecule has 0 unspecified atom stereocenters. The normalized spacial score (nSPS) is 10.3. The number of pyridine rings is 1. The van der Waals surface area contributed by atoms with Crippen molar-refractivity contribution < 1.29 is 9.66 Å². The lowest BCUT2D eigenvalue weighted by atomic mass is 10.1. The molecule has 2 aromatic heterocycles. The number of hydrogen-bond acceptors (Lipinski definition) is 6. The predicted molar refractivity (Wildman–Crippen MR) is 72.8 cm³/mol. The molecule has 0 saturated carbocycles. The van der Waals surface area contributed by atoms with Gasteiger partial charge in [0.2, 0.25) is 5.28 Å². The number of ether oxygens (including phenoxy) is 1. The third-order valence-electron chi connectivity index (χ3n) is 2.51. The summed E-state index contributed by atoms with van der Waals surface area (Å²) in [6.45, 7) is 3.81. The van der Waals surface area contributed by atoms with Crippen LogP contribution < -0.4 is 4.74 Å². The fourth-order valence-electron chi connectivity index (χ4n) is 1.75.